The monoisotopic (exact) mass is 527 g/mol. The number of fused-ring (bicyclic) bond motifs is 2. The number of ether oxygens (including phenoxy) is 1. The van der Waals surface area contributed by atoms with Crippen molar-refractivity contribution in [1.29, 1.82) is 0 Å². The number of likely N-dealkylation sites (N-methyl/N-ethyl adjacent to an activating group) is 1. The zero-order chi connectivity index (χ0) is 26.6. The number of carbonyl (C=O) groups excluding carboxylic acids is 1. The maximum atomic E-state index is 13.3. The summed E-state index contributed by atoms with van der Waals surface area (Å²) < 4.78 is 35.6. The molecule has 4 aromatic rings. The largest absolute Gasteiger partial charge is 0.379 e. The predicted molar refractivity (Wildman–Crippen MR) is 150 cm³/mol. The van der Waals surface area contributed by atoms with Gasteiger partial charge in [-0.1, -0.05) is 30.3 Å². The number of nitrogens with zero attached hydrogens (tertiary/aromatic N) is 3. The van der Waals surface area contributed by atoms with Gasteiger partial charge in [0.05, 0.1) is 23.8 Å². The third-order valence-corrected chi connectivity index (χ3v) is 9.42. The van der Waals surface area contributed by atoms with Crippen molar-refractivity contribution in [3.05, 3.63) is 89.2 Å². The average molecular weight is 528 g/mol. The molecule has 8 heteroatoms. The summed E-state index contributed by atoms with van der Waals surface area (Å²) in [5.74, 6) is -0.156. The van der Waals surface area contributed by atoms with Crippen molar-refractivity contribution in [2.45, 2.75) is 18.7 Å². The van der Waals surface area contributed by atoms with E-state index in [0.29, 0.717) is 43.1 Å². The van der Waals surface area contributed by atoms with Crippen LogP contribution in [-0.4, -0.2) is 56.5 Å². The van der Waals surface area contributed by atoms with Crippen molar-refractivity contribution < 1.29 is 17.9 Å². The van der Waals surface area contributed by atoms with Crippen LogP contribution in [0.3, 0.4) is 0 Å². The Bertz CT molecular complexity index is 1730. The van der Waals surface area contributed by atoms with Gasteiger partial charge in [-0.05, 0) is 72.7 Å². The third-order valence-electron chi connectivity index (χ3n) is 7.52. The number of anilines is 1. The second-order valence-corrected chi connectivity index (χ2v) is 11.7. The number of carbonyl (C=O) groups is 1. The number of rotatable bonds is 4. The SMILES string of the molecule is Cc1cc(/C=C2\C(=O)N(C)c3ccc(S(=O)(=O)N4CCOCC4)cc32)c(C)n1-c1ccc2ccccc2c1. The number of hydrogen-bond acceptors (Lipinski definition) is 4. The summed E-state index contributed by atoms with van der Waals surface area (Å²) in [7, 11) is -1.97. The summed E-state index contributed by atoms with van der Waals surface area (Å²) in [6.45, 7) is 5.49. The Morgan fingerprint density at radius 1 is 0.895 bits per heavy atom. The van der Waals surface area contributed by atoms with Crippen molar-refractivity contribution in [3.8, 4) is 5.69 Å². The molecule has 0 unspecified atom stereocenters. The first-order chi connectivity index (χ1) is 18.3. The van der Waals surface area contributed by atoms with Crippen molar-refractivity contribution in [3.63, 3.8) is 0 Å². The molecule has 0 saturated carbocycles. The Balaban J connectivity index is 1.43. The van der Waals surface area contributed by atoms with Gasteiger partial charge in [0.1, 0.15) is 0 Å². The van der Waals surface area contributed by atoms with Crippen LogP contribution in [-0.2, 0) is 19.6 Å². The number of benzene rings is 3. The molecule has 1 aromatic heterocycles. The number of aryl methyl sites for hydroxylation is 1. The van der Waals surface area contributed by atoms with Gasteiger partial charge in [-0.2, -0.15) is 4.31 Å². The van der Waals surface area contributed by atoms with Crippen molar-refractivity contribution >= 4 is 44.0 Å². The maximum Gasteiger partial charge on any atom is 0.258 e. The molecule has 2 aliphatic rings. The highest BCUT2D eigenvalue weighted by molar-refractivity contribution is 7.89. The number of aromatic nitrogens is 1. The predicted octanol–water partition coefficient (Wildman–Crippen LogP) is 4.79. The molecular formula is C30H29N3O4S. The summed E-state index contributed by atoms with van der Waals surface area (Å²) >= 11 is 0. The van der Waals surface area contributed by atoms with Gasteiger partial charge in [0.2, 0.25) is 10.0 Å². The summed E-state index contributed by atoms with van der Waals surface area (Å²) in [6.07, 6.45) is 1.88. The highest BCUT2D eigenvalue weighted by Gasteiger charge is 2.33. The Kier molecular flexibility index (Phi) is 5.98. The molecule has 0 bridgehead atoms. The van der Waals surface area contributed by atoms with Crippen LogP contribution in [0.2, 0.25) is 0 Å². The Morgan fingerprint density at radius 2 is 1.63 bits per heavy atom. The van der Waals surface area contributed by atoms with E-state index in [4.69, 9.17) is 4.74 Å². The van der Waals surface area contributed by atoms with Crippen molar-refractivity contribution in [2.24, 2.45) is 0 Å². The zero-order valence-corrected chi connectivity index (χ0v) is 22.5. The lowest BCUT2D eigenvalue weighted by Crippen LogP contribution is -2.40. The van der Waals surface area contributed by atoms with Gasteiger partial charge >= 0.3 is 0 Å². The van der Waals surface area contributed by atoms with Crippen LogP contribution >= 0.6 is 0 Å². The molecule has 3 aromatic carbocycles. The minimum Gasteiger partial charge on any atom is -0.379 e. The van der Waals surface area contributed by atoms with Gasteiger partial charge in [0.15, 0.2) is 0 Å². The molecule has 3 heterocycles. The minimum atomic E-state index is -3.69. The Labute approximate surface area is 222 Å². The molecule has 0 N–H and O–H groups in total. The fourth-order valence-corrected chi connectivity index (χ4v) is 6.90. The lowest BCUT2D eigenvalue weighted by molar-refractivity contribution is -0.112. The van der Waals surface area contributed by atoms with E-state index in [-0.39, 0.29) is 10.8 Å². The average Bonchev–Trinajstić information content (AvgIpc) is 3.35. The van der Waals surface area contributed by atoms with E-state index in [1.54, 1.807) is 30.1 Å². The smallest absolute Gasteiger partial charge is 0.258 e. The standard InChI is InChI=1S/C30H29N3O4S/c1-20-16-24(21(2)33(20)25-9-8-22-6-4-5-7-23(22)17-25)18-28-27-19-26(10-11-29(27)31(3)30(28)34)38(35,36)32-12-14-37-15-13-32/h4-11,16-19H,12-15H2,1-3H3/b28-18-. The molecule has 7 nitrogen and oxygen atoms in total. The first kappa shape index (κ1) is 24.6. The van der Waals surface area contributed by atoms with Gasteiger partial charge in [-0.15, -0.1) is 0 Å². The topological polar surface area (TPSA) is 71.8 Å². The van der Waals surface area contributed by atoms with Crippen LogP contribution in [0.4, 0.5) is 5.69 Å². The highest BCUT2D eigenvalue weighted by Crippen LogP contribution is 2.39. The van der Waals surface area contributed by atoms with Crippen molar-refractivity contribution in [2.75, 3.05) is 38.3 Å². The van der Waals surface area contributed by atoms with E-state index < -0.39 is 10.0 Å². The van der Waals surface area contributed by atoms with Gasteiger partial charge in [0, 0.05) is 48.3 Å². The van der Waals surface area contributed by atoms with Crippen molar-refractivity contribution in [1.82, 2.24) is 8.87 Å². The minimum absolute atomic E-state index is 0.156. The van der Waals surface area contributed by atoms with Crippen LogP contribution in [0.1, 0.15) is 22.5 Å². The fraction of sp³-hybridized carbons (Fsp3) is 0.233. The van der Waals surface area contributed by atoms with Crippen LogP contribution in [0, 0.1) is 13.8 Å². The van der Waals surface area contributed by atoms with E-state index in [1.807, 2.05) is 32.1 Å². The molecule has 194 valence electrons. The number of hydrogen-bond donors (Lipinski definition) is 0. The van der Waals surface area contributed by atoms with Crippen LogP contribution in [0.5, 0.6) is 0 Å². The molecular weight excluding hydrogens is 498 g/mol. The van der Waals surface area contributed by atoms with Crippen LogP contribution < -0.4 is 4.90 Å². The lowest BCUT2D eigenvalue weighted by atomic mass is 10.0. The second kappa shape index (κ2) is 9.23. The summed E-state index contributed by atoms with van der Waals surface area (Å²) in [4.78, 5) is 15.1. The molecule has 0 atom stereocenters. The molecule has 0 aliphatic carbocycles. The second-order valence-electron chi connectivity index (χ2n) is 9.81. The molecule has 0 radical (unpaired) electrons. The molecule has 6 rings (SSSR count). The van der Waals surface area contributed by atoms with Gasteiger partial charge in [0.25, 0.3) is 5.91 Å². The molecule has 1 amide bonds. The quantitative estimate of drug-likeness (QED) is 0.358. The molecule has 38 heavy (non-hydrogen) atoms. The highest BCUT2D eigenvalue weighted by atomic mass is 32.2. The van der Waals surface area contributed by atoms with E-state index in [0.717, 1.165) is 28.0 Å². The summed E-state index contributed by atoms with van der Waals surface area (Å²) in [6, 6.07) is 21.6. The van der Waals surface area contributed by atoms with Gasteiger partial charge < -0.3 is 14.2 Å². The van der Waals surface area contributed by atoms with Crippen LogP contribution in [0.25, 0.3) is 28.1 Å². The fourth-order valence-electron chi connectivity index (χ4n) is 5.47. The van der Waals surface area contributed by atoms with E-state index in [1.165, 1.54) is 9.69 Å². The number of sulfonamides is 1. The third kappa shape index (κ3) is 3.96. The number of amides is 1. The number of morpholine rings is 1. The Morgan fingerprint density at radius 3 is 2.39 bits per heavy atom. The summed E-state index contributed by atoms with van der Waals surface area (Å²) in [5.41, 5.74) is 5.84. The van der Waals surface area contributed by atoms with E-state index in [9.17, 15) is 13.2 Å². The normalized spacial score (nSPS) is 17.5. The Hall–Kier alpha value is -3.72. The molecule has 1 saturated heterocycles. The lowest BCUT2D eigenvalue weighted by Gasteiger charge is -2.26. The maximum absolute atomic E-state index is 13.3. The first-order valence-corrected chi connectivity index (χ1v) is 14.1. The van der Waals surface area contributed by atoms with E-state index >= 15 is 0 Å². The molecule has 0 spiro atoms. The van der Waals surface area contributed by atoms with Crippen LogP contribution in [0.15, 0.2) is 71.6 Å². The van der Waals surface area contributed by atoms with Gasteiger partial charge in [-0.25, -0.2) is 8.42 Å². The van der Waals surface area contributed by atoms with Gasteiger partial charge in [-0.3, -0.25) is 4.79 Å². The summed E-state index contributed by atoms with van der Waals surface area (Å²) in [5, 5.41) is 2.34. The van der Waals surface area contributed by atoms with E-state index in [2.05, 4.69) is 41.0 Å². The molecule has 1 fully saturated rings. The molecule has 2 aliphatic heterocycles. The zero-order valence-electron chi connectivity index (χ0n) is 21.6. The first-order valence-electron chi connectivity index (χ1n) is 12.7.